The Kier molecular flexibility index (Phi) is 4.22. The number of primary amides is 1. The summed E-state index contributed by atoms with van der Waals surface area (Å²) in [5, 5.41) is 10.5. The number of aliphatic carboxylic acids is 1. The lowest BCUT2D eigenvalue weighted by Crippen LogP contribution is -2.30. The molecular formula is C14H13FN3O3-. The van der Waals surface area contributed by atoms with E-state index in [0.717, 1.165) is 0 Å². The van der Waals surface area contributed by atoms with Crippen molar-refractivity contribution in [3.63, 3.8) is 0 Å². The van der Waals surface area contributed by atoms with E-state index in [0.29, 0.717) is 17.0 Å². The van der Waals surface area contributed by atoms with Crippen molar-refractivity contribution in [3.8, 4) is 11.3 Å². The fourth-order valence-corrected chi connectivity index (χ4v) is 1.99. The van der Waals surface area contributed by atoms with Crippen LogP contribution in [-0.2, 0) is 11.2 Å². The predicted molar refractivity (Wildman–Crippen MR) is 72.1 cm³/mol. The van der Waals surface area contributed by atoms with E-state index in [1.807, 2.05) is 0 Å². The van der Waals surface area contributed by atoms with Gasteiger partial charge in [0.2, 0.25) is 0 Å². The second-order valence-corrected chi connectivity index (χ2v) is 4.40. The summed E-state index contributed by atoms with van der Waals surface area (Å²) in [5.74, 6) is -1.57. The lowest BCUT2D eigenvalue weighted by atomic mass is 10.1. The van der Waals surface area contributed by atoms with Crippen molar-refractivity contribution in [1.29, 1.82) is 0 Å². The Morgan fingerprint density at radius 1 is 1.19 bits per heavy atom. The smallest absolute Gasteiger partial charge is 0.331 e. The number of nitrogens with one attached hydrogen (secondary N) is 1. The maximum atomic E-state index is 13.0. The van der Waals surface area contributed by atoms with Crippen LogP contribution >= 0.6 is 0 Å². The summed E-state index contributed by atoms with van der Waals surface area (Å²) in [7, 11) is 0. The number of rotatable bonds is 5. The third kappa shape index (κ3) is 3.59. The molecule has 1 aromatic heterocycles. The van der Waals surface area contributed by atoms with Gasteiger partial charge in [0.1, 0.15) is 5.82 Å². The number of hydrogen-bond donors (Lipinski definition) is 2. The minimum absolute atomic E-state index is 0.170. The molecule has 0 aliphatic heterocycles. The number of aryl methyl sites for hydroxylation is 1. The number of urea groups is 1. The van der Waals surface area contributed by atoms with E-state index in [9.17, 15) is 19.1 Å². The van der Waals surface area contributed by atoms with Crippen LogP contribution < -0.4 is 16.3 Å². The number of hydrogen-bond acceptors (Lipinski definition) is 3. The van der Waals surface area contributed by atoms with Crippen LogP contribution in [0.5, 0.6) is 0 Å². The molecule has 0 saturated carbocycles. The van der Waals surface area contributed by atoms with Crippen molar-refractivity contribution in [1.82, 2.24) is 4.68 Å². The first kappa shape index (κ1) is 14.6. The summed E-state index contributed by atoms with van der Waals surface area (Å²) < 4.78 is 14.3. The molecule has 0 spiro atoms. The van der Waals surface area contributed by atoms with E-state index in [1.165, 1.54) is 16.8 Å². The van der Waals surface area contributed by atoms with Crippen molar-refractivity contribution in [2.75, 3.05) is 5.43 Å². The van der Waals surface area contributed by atoms with Crippen LogP contribution in [0, 0.1) is 5.82 Å². The predicted octanol–water partition coefficient (Wildman–Crippen LogP) is 0.599. The maximum Gasteiger partial charge on any atom is 0.331 e. The molecule has 110 valence electrons. The molecule has 7 heteroatoms. The number of halogens is 1. The summed E-state index contributed by atoms with van der Waals surface area (Å²) in [6.07, 6.45) is -0.0167. The number of nitrogens with two attached hydrogens (primary N) is 1. The van der Waals surface area contributed by atoms with Crippen LogP contribution in [0.1, 0.15) is 12.1 Å². The van der Waals surface area contributed by atoms with Gasteiger partial charge < -0.3 is 15.6 Å². The molecule has 0 aliphatic carbocycles. The minimum Gasteiger partial charge on any atom is -0.550 e. The van der Waals surface area contributed by atoms with Gasteiger partial charge in [-0.05, 0) is 49.2 Å². The molecule has 0 aliphatic rings. The van der Waals surface area contributed by atoms with Gasteiger partial charge in [0, 0.05) is 17.2 Å². The first-order valence-electron chi connectivity index (χ1n) is 6.20. The van der Waals surface area contributed by atoms with Gasteiger partial charge in [0.05, 0.1) is 5.69 Å². The van der Waals surface area contributed by atoms with Crippen LogP contribution in [0.15, 0.2) is 36.4 Å². The Bertz CT molecular complexity index is 665. The molecule has 2 rings (SSSR count). The number of carbonyl (C=O) groups is 2. The quantitative estimate of drug-likeness (QED) is 0.843. The fourth-order valence-electron chi connectivity index (χ4n) is 1.99. The molecule has 0 bridgehead atoms. The minimum atomic E-state index is -1.19. The lowest BCUT2D eigenvalue weighted by molar-refractivity contribution is -0.305. The van der Waals surface area contributed by atoms with Gasteiger partial charge in [-0.3, -0.25) is 4.68 Å². The molecule has 0 saturated heterocycles. The van der Waals surface area contributed by atoms with Gasteiger partial charge in [0.15, 0.2) is 0 Å². The third-order valence-corrected chi connectivity index (χ3v) is 2.91. The zero-order chi connectivity index (χ0) is 15.4. The Balaban J connectivity index is 2.38. The molecule has 0 unspecified atom stereocenters. The largest absolute Gasteiger partial charge is 0.550 e. The van der Waals surface area contributed by atoms with Gasteiger partial charge in [-0.15, -0.1) is 0 Å². The molecule has 0 fully saturated rings. The molecule has 2 aromatic rings. The number of carbonyl (C=O) groups excluding carboxylic acids is 2. The molecule has 21 heavy (non-hydrogen) atoms. The van der Waals surface area contributed by atoms with Crippen LogP contribution in [-0.4, -0.2) is 16.7 Å². The highest BCUT2D eigenvalue weighted by Gasteiger charge is 2.11. The molecule has 1 heterocycles. The SMILES string of the molecule is NC(=O)Nn1c(CCC(=O)[O-])ccc1-c1ccc(F)cc1. The molecule has 1 aromatic carbocycles. The molecule has 0 radical (unpaired) electrons. The maximum absolute atomic E-state index is 13.0. The summed E-state index contributed by atoms with van der Waals surface area (Å²) in [6, 6.07) is 8.24. The van der Waals surface area contributed by atoms with Crippen molar-refractivity contribution < 1.29 is 19.1 Å². The first-order valence-corrected chi connectivity index (χ1v) is 6.20. The van der Waals surface area contributed by atoms with Gasteiger partial charge in [-0.1, -0.05) is 0 Å². The van der Waals surface area contributed by atoms with Crippen LogP contribution in [0.4, 0.5) is 9.18 Å². The summed E-state index contributed by atoms with van der Waals surface area (Å²) in [6.45, 7) is 0. The second kappa shape index (κ2) is 6.08. The average molecular weight is 290 g/mol. The van der Waals surface area contributed by atoms with E-state index >= 15 is 0 Å². The lowest BCUT2D eigenvalue weighted by Gasteiger charge is -2.13. The highest BCUT2D eigenvalue weighted by molar-refractivity contribution is 5.81. The zero-order valence-corrected chi connectivity index (χ0v) is 11.0. The van der Waals surface area contributed by atoms with Crippen LogP contribution in [0.3, 0.4) is 0 Å². The Morgan fingerprint density at radius 2 is 1.86 bits per heavy atom. The van der Waals surface area contributed by atoms with Crippen molar-refractivity contribution in [2.45, 2.75) is 12.8 Å². The van der Waals surface area contributed by atoms with Crippen molar-refractivity contribution in [3.05, 3.63) is 47.9 Å². The average Bonchev–Trinajstić information content (AvgIpc) is 2.79. The first-order chi connectivity index (χ1) is 9.97. The van der Waals surface area contributed by atoms with E-state index in [-0.39, 0.29) is 18.7 Å². The van der Waals surface area contributed by atoms with Crippen molar-refractivity contribution in [2.24, 2.45) is 5.73 Å². The molecule has 6 nitrogen and oxygen atoms in total. The van der Waals surface area contributed by atoms with Crippen LogP contribution in [0.25, 0.3) is 11.3 Å². The number of amides is 2. The van der Waals surface area contributed by atoms with Crippen LogP contribution in [0.2, 0.25) is 0 Å². The second-order valence-electron chi connectivity index (χ2n) is 4.40. The number of nitrogens with zero attached hydrogens (tertiary/aromatic N) is 1. The molecule has 3 N–H and O–H groups in total. The highest BCUT2D eigenvalue weighted by atomic mass is 19.1. The topological polar surface area (TPSA) is 100 Å². The number of benzene rings is 1. The zero-order valence-electron chi connectivity index (χ0n) is 11.0. The van der Waals surface area contributed by atoms with Gasteiger partial charge >= 0.3 is 6.03 Å². The number of aromatic nitrogens is 1. The van der Waals surface area contributed by atoms with Gasteiger partial charge in [0.25, 0.3) is 0 Å². The molecule has 2 amide bonds. The number of carboxylic acid groups (broad SMARTS) is 1. The molecule has 0 atom stereocenters. The summed E-state index contributed by atoms with van der Waals surface area (Å²) in [4.78, 5) is 21.6. The Labute approximate surface area is 120 Å². The van der Waals surface area contributed by atoms with Gasteiger partial charge in [-0.2, -0.15) is 0 Å². The summed E-state index contributed by atoms with van der Waals surface area (Å²) in [5.41, 5.74) is 9.31. The van der Waals surface area contributed by atoms with E-state index in [4.69, 9.17) is 5.73 Å². The molecular weight excluding hydrogens is 277 g/mol. The third-order valence-electron chi connectivity index (χ3n) is 2.91. The van der Waals surface area contributed by atoms with E-state index in [2.05, 4.69) is 5.43 Å². The monoisotopic (exact) mass is 290 g/mol. The Hall–Kier alpha value is -2.83. The van der Waals surface area contributed by atoms with E-state index in [1.54, 1.807) is 24.3 Å². The Morgan fingerprint density at radius 3 is 2.43 bits per heavy atom. The standard InChI is InChI=1S/C14H14FN3O3/c15-10-3-1-9(2-4-10)12-7-5-11(6-8-13(19)20)18(12)17-14(16)21/h1-5,7H,6,8H2,(H,19,20)(H3,16,17,21)/p-1. The summed E-state index contributed by atoms with van der Waals surface area (Å²) >= 11 is 0. The fraction of sp³-hybridized carbons (Fsp3) is 0.143. The number of carboxylic acids is 1. The van der Waals surface area contributed by atoms with Crippen molar-refractivity contribution >= 4 is 12.0 Å². The highest BCUT2D eigenvalue weighted by Crippen LogP contribution is 2.22. The van der Waals surface area contributed by atoms with Gasteiger partial charge in [-0.25, -0.2) is 14.6 Å². The van der Waals surface area contributed by atoms with E-state index < -0.39 is 12.0 Å². The normalized spacial score (nSPS) is 10.3.